The predicted molar refractivity (Wildman–Crippen MR) is 118 cm³/mol. The van der Waals surface area contributed by atoms with Crippen molar-refractivity contribution in [3.05, 3.63) is 87.2 Å². The first-order chi connectivity index (χ1) is 16.8. The molecule has 0 atom stereocenters. The Kier molecular flexibility index (Phi) is 6.82. The summed E-state index contributed by atoms with van der Waals surface area (Å²) in [5.74, 6) is -3.52. The fourth-order valence-electron chi connectivity index (χ4n) is 3.67. The van der Waals surface area contributed by atoms with Crippen LogP contribution in [0.2, 0.25) is 0 Å². The van der Waals surface area contributed by atoms with Gasteiger partial charge in [0, 0.05) is 38.0 Å². The number of carbonyl (C=O) groups excluding carboxylic acids is 2. The van der Waals surface area contributed by atoms with Crippen LogP contribution >= 0.6 is 0 Å². The normalized spacial score (nSPS) is 13.2. The zero-order valence-corrected chi connectivity index (χ0v) is 18.7. The number of aromatic nitrogens is 1. The van der Waals surface area contributed by atoms with E-state index in [2.05, 4.69) is 5.32 Å². The molecule has 1 aliphatic heterocycles. The highest BCUT2D eigenvalue weighted by atomic mass is 19.1. The number of rotatable bonds is 8. The van der Waals surface area contributed by atoms with Crippen LogP contribution in [-0.4, -0.2) is 53.4 Å². The van der Waals surface area contributed by atoms with E-state index in [0.29, 0.717) is 11.8 Å². The predicted octanol–water partition coefficient (Wildman–Crippen LogP) is 1.55. The van der Waals surface area contributed by atoms with E-state index in [1.807, 2.05) is 0 Å². The van der Waals surface area contributed by atoms with Crippen molar-refractivity contribution in [2.45, 2.75) is 13.1 Å². The maximum absolute atomic E-state index is 13.9. The van der Waals surface area contributed by atoms with E-state index in [-0.39, 0.29) is 44.2 Å². The molecule has 0 spiro atoms. The first-order valence-electron chi connectivity index (χ1n) is 10.6. The van der Waals surface area contributed by atoms with E-state index in [1.54, 1.807) is 17.1 Å². The van der Waals surface area contributed by atoms with Crippen molar-refractivity contribution in [2.24, 2.45) is 0 Å². The van der Waals surface area contributed by atoms with Gasteiger partial charge < -0.3 is 24.5 Å². The molecule has 2 N–H and O–H groups in total. The highest BCUT2D eigenvalue weighted by Crippen LogP contribution is 2.22. The molecule has 0 radical (unpaired) electrons. The van der Waals surface area contributed by atoms with Crippen molar-refractivity contribution < 1.29 is 32.6 Å². The van der Waals surface area contributed by atoms with Crippen molar-refractivity contribution in [1.82, 2.24) is 14.9 Å². The first kappa shape index (κ1) is 24.0. The molecule has 2 aromatic heterocycles. The van der Waals surface area contributed by atoms with Gasteiger partial charge in [-0.25, -0.2) is 8.78 Å². The van der Waals surface area contributed by atoms with Gasteiger partial charge in [0.2, 0.25) is 5.43 Å². The number of aromatic hydroxyl groups is 1. The third-order valence-corrected chi connectivity index (χ3v) is 5.48. The van der Waals surface area contributed by atoms with Gasteiger partial charge in [-0.2, -0.15) is 0 Å². The zero-order chi connectivity index (χ0) is 25.1. The molecular weight excluding hydrogens is 466 g/mol. The van der Waals surface area contributed by atoms with Crippen molar-refractivity contribution >= 4 is 11.8 Å². The van der Waals surface area contributed by atoms with Crippen LogP contribution in [-0.2, 0) is 17.8 Å². The number of pyridine rings is 1. The summed E-state index contributed by atoms with van der Waals surface area (Å²) in [6, 6.07) is 6.28. The summed E-state index contributed by atoms with van der Waals surface area (Å²) in [6.07, 6.45) is 2.62. The van der Waals surface area contributed by atoms with Crippen molar-refractivity contribution in [2.75, 3.05) is 31.9 Å². The number of nitrogens with one attached hydrogen (secondary N) is 1. The number of halogens is 2. The standard InChI is InChI=1S/C23H22F2N4O6/c1-34-8-6-27-13-28(11-16-3-2-7-35-16)29-12-17(20(30)21(31)19(29)23(27)33)22(32)26-10-14-4-5-15(24)9-18(14)25/h2-5,7,9,12,31H,6,8,10-11,13H2,1H3,(H,26,32). The lowest BCUT2D eigenvalue weighted by Crippen LogP contribution is -2.54. The number of hydrogen-bond acceptors (Lipinski definition) is 7. The lowest BCUT2D eigenvalue weighted by molar-refractivity contribution is 0.0617. The zero-order valence-electron chi connectivity index (χ0n) is 18.7. The lowest BCUT2D eigenvalue weighted by atomic mass is 10.1. The van der Waals surface area contributed by atoms with Crippen LogP contribution < -0.4 is 15.8 Å². The van der Waals surface area contributed by atoms with Crippen LogP contribution in [0.3, 0.4) is 0 Å². The topological polar surface area (TPSA) is 117 Å². The number of benzene rings is 1. The highest BCUT2D eigenvalue weighted by molar-refractivity contribution is 5.99. The van der Waals surface area contributed by atoms with Crippen LogP contribution in [0.25, 0.3) is 0 Å². The summed E-state index contributed by atoms with van der Waals surface area (Å²) in [5.41, 5.74) is -1.83. The fraction of sp³-hybridized carbons (Fsp3) is 0.261. The molecule has 35 heavy (non-hydrogen) atoms. The quantitative estimate of drug-likeness (QED) is 0.494. The van der Waals surface area contributed by atoms with Crippen LogP contribution in [0.4, 0.5) is 8.78 Å². The van der Waals surface area contributed by atoms with Gasteiger partial charge in [0.15, 0.2) is 11.4 Å². The fourth-order valence-corrected chi connectivity index (χ4v) is 3.67. The second kappa shape index (κ2) is 9.97. The highest BCUT2D eigenvalue weighted by Gasteiger charge is 2.34. The van der Waals surface area contributed by atoms with Gasteiger partial charge in [0.05, 0.1) is 19.4 Å². The molecule has 0 unspecified atom stereocenters. The van der Waals surface area contributed by atoms with E-state index >= 15 is 0 Å². The van der Waals surface area contributed by atoms with Crippen molar-refractivity contribution in [1.29, 1.82) is 0 Å². The van der Waals surface area contributed by atoms with Crippen molar-refractivity contribution in [3.8, 4) is 5.75 Å². The first-order valence-corrected chi connectivity index (χ1v) is 10.6. The van der Waals surface area contributed by atoms with E-state index in [4.69, 9.17) is 9.15 Å². The van der Waals surface area contributed by atoms with Crippen LogP contribution in [0.5, 0.6) is 5.75 Å². The molecule has 0 saturated heterocycles. The molecule has 2 amide bonds. The average molecular weight is 488 g/mol. The number of amides is 2. The number of methoxy groups -OCH3 is 1. The molecule has 3 aromatic rings. The molecule has 12 heteroatoms. The Hall–Kier alpha value is -4.19. The van der Waals surface area contributed by atoms with E-state index in [1.165, 1.54) is 29.0 Å². The van der Waals surface area contributed by atoms with Gasteiger partial charge in [-0.3, -0.25) is 24.1 Å². The molecule has 3 heterocycles. The molecule has 0 aliphatic carbocycles. The second-order valence-electron chi connectivity index (χ2n) is 7.78. The van der Waals surface area contributed by atoms with Crippen LogP contribution in [0.15, 0.2) is 52.0 Å². The monoisotopic (exact) mass is 488 g/mol. The largest absolute Gasteiger partial charge is 0.502 e. The van der Waals surface area contributed by atoms with E-state index < -0.39 is 40.2 Å². The number of fused-ring (bicyclic) bond motifs is 1. The van der Waals surface area contributed by atoms with Crippen LogP contribution in [0, 0.1) is 11.6 Å². The summed E-state index contributed by atoms with van der Waals surface area (Å²) >= 11 is 0. The lowest BCUT2D eigenvalue weighted by Gasteiger charge is -2.39. The summed E-state index contributed by atoms with van der Waals surface area (Å²) < 4.78 is 38.7. The molecular formula is C23H22F2N4O6. The Morgan fingerprint density at radius 1 is 1.26 bits per heavy atom. The second-order valence-corrected chi connectivity index (χ2v) is 7.78. The molecule has 1 aromatic carbocycles. The summed E-state index contributed by atoms with van der Waals surface area (Å²) in [6.45, 7) is 0.308. The van der Waals surface area contributed by atoms with E-state index in [0.717, 1.165) is 12.3 Å². The number of hydrogen-bond donors (Lipinski definition) is 2. The van der Waals surface area contributed by atoms with Gasteiger partial charge >= 0.3 is 0 Å². The molecule has 1 aliphatic rings. The third kappa shape index (κ3) is 4.87. The van der Waals surface area contributed by atoms with Crippen LogP contribution in [0.1, 0.15) is 32.2 Å². The minimum absolute atomic E-state index is 0.00504. The maximum atomic E-state index is 13.9. The minimum atomic E-state index is -1.06. The number of furan rings is 1. The Labute approximate surface area is 197 Å². The average Bonchev–Trinajstić information content (AvgIpc) is 3.34. The Morgan fingerprint density at radius 2 is 2.06 bits per heavy atom. The Bertz CT molecular complexity index is 1310. The van der Waals surface area contributed by atoms with Gasteiger partial charge in [-0.1, -0.05) is 6.07 Å². The molecule has 184 valence electrons. The SMILES string of the molecule is COCCN1CN(Cc2ccco2)n2cc(C(=O)NCc3ccc(F)cc3F)c(=O)c(O)c2C1=O. The molecule has 0 fully saturated rings. The van der Waals surface area contributed by atoms with Gasteiger partial charge in [0.25, 0.3) is 11.8 Å². The number of carbonyl (C=O) groups is 2. The third-order valence-electron chi connectivity index (χ3n) is 5.48. The number of ether oxygens (including phenoxy) is 1. The smallest absolute Gasteiger partial charge is 0.277 e. The number of nitrogens with zero attached hydrogens (tertiary/aromatic N) is 3. The van der Waals surface area contributed by atoms with Gasteiger partial charge in [-0.15, -0.1) is 0 Å². The molecule has 0 saturated carbocycles. The van der Waals surface area contributed by atoms with Gasteiger partial charge in [0.1, 0.15) is 29.6 Å². The summed E-state index contributed by atoms with van der Waals surface area (Å²) in [5, 5.41) is 14.6. The molecule has 0 bridgehead atoms. The van der Waals surface area contributed by atoms with Crippen molar-refractivity contribution in [3.63, 3.8) is 0 Å². The minimum Gasteiger partial charge on any atom is -0.502 e. The Balaban J connectivity index is 1.68. The van der Waals surface area contributed by atoms with Gasteiger partial charge in [-0.05, 0) is 18.2 Å². The molecule has 4 rings (SSSR count). The Morgan fingerprint density at radius 3 is 2.74 bits per heavy atom. The maximum Gasteiger partial charge on any atom is 0.277 e. The van der Waals surface area contributed by atoms with E-state index in [9.17, 15) is 28.3 Å². The summed E-state index contributed by atoms with van der Waals surface area (Å²) in [4.78, 5) is 40.0. The summed E-state index contributed by atoms with van der Waals surface area (Å²) in [7, 11) is 1.48. The molecule has 10 nitrogen and oxygen atoms in total.